The lowest BCUT2D eigenvalue weighted by Crippen LogP contribution is -2.17. The van der Waals surface area contributed by atoms with Gasteiger partial charge in [-0.15, -0.1) is 13.2 Å². The molecule has 0 aromatic heterocycles. The molecule has 13 heavy (non-hydrogen) atoms. The summed E-state index contributed by atoms with van der Waals surface area (Å²) in [4.78, 5) is 0. The van der Waals surface area contributed by atoms with Gasteiger partial charge in [0.2, 0.25) is 0 Å². The van der Waals surface area contributed by atoms with Crippen LogP contribution in [0.1, 0.15) is 26.2 Å². The Labute approximate surface area is 76.0 Å². The van der Waals surface area contributed by atoms with Crippen LogP contribution in [0.4, 0.5) is 13.2 Å². The normalized spacial score (nSPS) is 12.0. The van der Waals surface area contributed by atoms with Gasteiger partial charge in [0, 0.05) is 6.61 Å². The van der Waals surface area contributed by atoms with Gasteiger partial charge in [-0.25, -0.2) is 0 Å². The molecule has 0 unspecified atom stereocenters. The molecule has 80 valence electrons. The van der Waals surface area contributed by atoms with Crippen LogP contribution in [0, 0.1) is 0 Å². The zero-order valence-corrected chi connectivity index (χ0v) is 7.69. The first-order valence-corrected chi connectivity index (χ1v) is 4.34. The molecule has 0 N–H and O–H groups in total. The molecular formula is C8H15F3O2. The van der Waals surface area contributed by atoms with E-state index in [1.807, 2.05) is 6.92 Å². The van der Waals surface area contributed by atoms with Crippen LogP contribution in [0.15, 0.2) is 0 Å². The van der Waals surface area contributed by atoms with Gasteiger partial charge < -0.3 is 4.74 Å². The molecule has 0 aromatic rings. The number of alkyl halides is 3. The maximum absolute atomic E-state index is 11.4. The summed E-state index contributed by atoms with van der Waals surface area (Å²) in [5.41, 5.74) is 0. The second kappa shape index (κ2) is 7.15. The Bertz CT molecular complexity index is 114. The third-order valence-corrected chi connectivity index (χ3v) is 1.39. The molecule has 0 radical (unpaired) electrons. The van der Waals surface area contributed by atoms with Crippen molar-refractivity contribution in [3.05, 3.63) is 0 Å². The second-order valence-corrected chi connectivity index (χ2v) is 2.61. The minimum Gasteiger partial charge on any atom is -0.379 e. The van der Waals surface area contributed by atoms with E-state index in [2.05, 4.69) is 4.74 Å². The first kappa shape index (κ1) is 12.7. The number of hydrogen-bond acceptors (Lipinski definition) is 2. The van der Waals surface area contributed by atoms with E-state index in [1.54, 1.807) is 0 Å². The average molecular weight is 200 g/mol. The summed E-state index contributed by atoms with van der Waals surface area (Å²) in [6, 6.07) is 0. The highest BCUT2D eigenvalue weighted by Gasteiger charge is 2.28. The van der Waals surface area contributed by atoms with Gasteiger partial charge in [0.25, 0.3) is 0 Å². The quantitative estimate of drug-likeness (QED) is 0.588. The summed E-state index contributed by atoms with van der Waals surface area (Å²) < 4.78 is 42.6. The topological polar surface area (TPSA) is 18.5 Å². The molecule has 0 amide bonds. The van der Waals surface area contributed by atoms with Crippen LogP contribution in [-0.4, -0.2) is 26.2 Å². The molecule has 5 heteroatoms. The van der Waals surface area contributed by atoms with Gasteiger partial charge >= 0.3 is 6.36 Å². The zero-order valence-electron chi connectivity index (χ0n) is 7.69. The molecule has 0 aliphatic rings. The Hall–Kier alpha value is -0.290. The van der Waals surface area contributed by atoms with E-state index in [1.165, 1.54) is 0 Å². The van der Waals surface area contributed by atoms with Crippen LogP contribution in [0.2, 0.25) is 0 Å². The van der Waals surface area contributed by atoms with Crippen molar-refractivity contribution in [3.63, 3.8) is 0 Å². The van der Waals surface area contributed by atoms with Gasteiger partial charge in [-0.05, 0) is 6.42 Å². The molecule has 0 atom stereocenters. The molecule has 0 saturated carbocycles. The summed E-state index contributed by atoms with van der Waals surface area (Å²) in [5.74, 6) is 0. The molecule has 0 spiro atoms. The van der Waals surface area contributed by atoms with Crippen molar-refractivity contribution in [3.8, 4) is 0 Å². The van der Waals surface area contributed by atoms with Crippen LogP contribution >= 0.6 is 0 Å². The lowest BCUT2D eigenvalue weighted by molar-refractivity contribution is -0.327. The van der Waals surface area contributed by atoms with Gasteiger partial charge in [0.05, 0.1) is 13.2 Å². The average Bonchev–Trinajstić information content (AvgIpc) is 2.01. The van der Waals surface area contributed by atoms with Crippen LogP contribution in [-0.2, 0) is 9.47 Å². The Morgan fingerprint density at radius 1 is 1.00 bits per heavy atom. The van der Waals surface area contributed by atoms with Crippen molar-refractivity contribution < 1.29 is 22.6 Å². The maximum atomic E-state index is 11.4. The van der Waals surface area contributed by atoms with Gasteiger partial charge in [-0.1, -0.05) is 19.8 Å². The summed E-state index contributed by atoms with van der Waals surface area (Å²) >= 11 is 0. The Morgan fingerprint density at radius 2 is 1.69 bits per heavy atom. The number of ether oxygens (including phenoxy) is 2. The summed E-state index contributed by atoms with van der Waals surface area (Å²) in [5, 5.41) is 0. The maximum Gasteiger partial charge on any atom is 0.522 e. The molecule has 0 aliphatic heterocycles. The van der Waals surface area contributed by atoms with E-state index in [0.29, 0.717) is 6.61 Å². The van der Waals surface area contributed by atoms with Crippen molar-refractivity contribution in [1.29, 1.82) is 0 Å². The highest BCUT2D eigenvalue weighted by molar-refractivity contribution is 4.37. The van der Waals surface area contributed by atoms with E-state index in [-0.39, 0.29) is 6.61 Å². The Balaban J connectivity index is 3.00. The lowest BCUT2D eigenvalue weighted by Gasteiger charge is -2.07. The number of halogens is 3. The first-order valence-electron chi connectivity index (χ1n) is 4.34. The minimum atomic E-state index is -4.53. The third kappa shape index (κ3) is 11.7. The van der Waals surface area contributed by atoms with Crippen LogP contribution < -0.4 is 0 Å². The van der Waals surface area contributed by atoms with E-state index in [0.717, 1.165) is 19.3 Å². The van der Waals surface area contributed by atoms with Gasteiger partial charge in [0.15, 0.2) is 0 Å². The Morgan fingerprint density at radius 3 is 2.23 bits per heavy atom. The summed E-state index contributed by atoms with van der Waals surface area (Å²) in [6.45, 7) is 2.14. The fourth-order valence-corrected chi connectivity index (χ4v) is 0.773. The number of hydrogen-bond donors (Lipinski definition) is 0. The molecular weight excluding hydrogens is 185 g/mol. The molecule has 0 fully saturated rings. The van der Waals surface area contributed by atoms with Gasteiger partial charge in [0.1, 0.15) is 0 Å². The highest BCUT2D eigenvalue weighted by atomic mass is 19.4. The third-order valence-electron chi connectivity index (χ3n) is 1.39. The second-order valence-electron chi connectivity index (χ2n) is 2.61. The molecule has 2 nitrogen and oxygen atoms in total. The minimum absolute atomic E-state index is 0.00320. The predicted molar refractivity (Wildman–Crippen MR) is 42.4 cm³/mol. The lowest BCUT2D eigenvalue weighted by atomic mass is 10.3. The van der Waals surface area contributed by atoms with E-state index < -0.39 is 13.0 Å². The fourth-order valence-electron chi connectivity index (χ4n) is 0.773. The number of unbranched alkanes of at least 4 members (excludes halogenated alkanes) is 2. The van der Waals surface area contributed by atoms with Crippen molar-refractivity contribution in [1.82, 2.24) is 0 Å². The molecule has 0 aromatic carbocycles. The van der Waals surface area contributed by atoms with Crippen molar-refractivity contribution in [2.45, 2.75) is 32.5 Å². The van der Waals surface area contributed by atoms with E-state index in [4.69, 9.17) is 4.74 Å². The van der Waals surface area contributed by atoms with Crippen molar-refractivity contribution in [2.24, 2.45) is 0 Å². The number of rotatable bonds is 7. The molecule has 0 heterocycles. The van der Waals surface area contributed by atoms with E-state index in [9.17, 15) is 13.2 Å². The largest absolute Gasteiger partial charge is 0.522 e. The molecule has 0 saturated heterocycles. The van der Waals surface area contributed by atoms with Crippen LogP contribution in [0.3, 0.4) is 0 Å². The predicted octanol–water partition coefficient (Wildman–Crippen LogP) is 2.73. The van der Waals surface area contributed by atoms with Gasteiger partial charge in [-0.3, -0.25) is 4.74 Å². The SMILES string of the molecule is CCCCCOCCOC(F)(F)F. The molecule has 0 rings (SSSR count). The van der Waals surface area contributed by atoms with Gasteiger partial charge in [-0.2, -0.15) is 0 Å². The summed E-state index contributed by atoms with van der Waals surface area (Å²) in [7, 11) is 0. The van der Waals surface area contributed by atoms with Crippen LogP contribution in [0.5, 0.6) is 0 Å². The highest BCUT2D eigenvalue weighted by Crippen LogP contribution is 2.15. The monoisotopic (exact) mass is 200 g/mol. The smallest absolute Gasteiger partial charge is 0.379 e. The summed E-state index contributed by atoms with van der Waals surface area (Å²) in [6.07, 6.45) is -1.53. The Kier molecular flexibility index (Phi) is 6.99. The van der Waals surface area contributed by atoms with Crippen LogP contribution in [0.25, 0.3) is 0 Å². The van der Waals surface area contributed by atoms with Crippen molar-refractivity contribution >= 4 is 0 Å². The molecule has 0 aliphatic carbocycles. The standard InChI is InChI=1S/C8H15F3O2/c1-2-3-4-5-12-6-7-13-8(9,10)11/h2-7H2,1H3. The van der Waals surface area contributed by atoms with Crippen molar-refractivity contribution in [2.75, 3.05) is 19.8 Å². The zero-order chi connectivity index (χ0) is 10.2. The van der Waals surface area contributed by atoms with E-state index >= 15 is 0 Å². The fraction of sp³-hybridized carbons (Fsp3) is 1.00. The first-order chi connectivity index (χ1) is 6.06. The molecule has 0 bridgehead atoms.